The maximum absolute atomic E-state index is 5.14. The number of fused-ring (bicyclic) bond motifs is 15. The molecule has 0 amide bonds. The minimum absolute atomic E-state index is 0.597. The third-order valence-electron chi connectivity index (χ3n) is 12.7. The van der Waals surface area contributed by atoms with Crippen LogP contribution in [0.3, 0.4) is 0 Å². The summed E-state index contributed by atoms with van der Waals surface area (Å²) in [6.45, 7) is 0. The zero-order chi connectivity index (χ0) is 38.0. The van der Waals surface area contributed by atoms with E-state index in [9.17, 15) is 0 Å². The normalized spacial score (nSPS) is 15.0. The number of rotatable bonds is 3. The molecule has 11 aromatic rings. The van der Waals surface area contributed by atoms with Gasteiger partial charge < -0.3 is 0 Å². The number of nitrogens with zero attached hydrogens (tertiary/aromatic N) is 5. The Balaban J connectivity index is 1.15. The molecular weight excluding hydrogens is 707 g/mol. The summed E-state index contributed by atoms with van der Waals surface area (Å²) in [5.41, 5.74) is 16.0. The molecule has 0 bridgehead atoms. The second-order valence-electron chi connectivity index (χ2n) is 15.4. The summed E-state index contributed by atoms with van der Waals surface area (Å²) in [7, 11) is 0. The Kier molecular flexibility index (Phi) is 6.31. The summed E-state index contributed by atoms with van der Waals surface area (Å²) in [5.74, 6) is 0.597. The summed E-state index contributed by atoms with van der Waals surface area (Å²) < 4.78 is 2.19. The number of hydrogen-bond donors (Lipinski definition) is 0. The summed E-state index contributed by atoms with van der Waals surface area (Å²) in [6.07, 6.45) is 5.08. The molecule has 1 unspecified atom stereocenters. The first kappa shape index (κ1) is 31.4. The van der Waals surface area contributed by atoms with Gasteiger partial charge in [0, 0.05) is 22.5 Å². The minimum atomic E-state index is -0.620. The van der Waals surface area contributed by atoms with Crippen molar-refractivity contribution >= 4 is 43.4 Å². The zero-order valence-electron chi connectivity index (χ0n) is 31.1. The first-order valence-electron chi connectivity index (χ1n) is 19.7. The molecule has 3 heterocycles. The fourth-order valence-corrected chi connectivity index (χ4v) is 10.5. The van der Waals surface area contributed by atoms with Crippen molar-refractivity contribution in [1.29, 1.82) is 0 Å². The molecule has 2 aliphatic carbocycles. The predicted octanol–water partition coefficient (Wildman–Crippen LogP) is 12.3. The van der Waals surface area contributed by atoms with Crippen LogP contribution in [0.5, 0.6) is 0 Å². The van der Waals surface area contributed by atoms with Gasteiger partial charge in [-0.15, -0.1) is 0 Å². The highest BCUT2D eigenvalue weighted by Crippen LogP contribution is 2.63. The van der Waals surface area contributed by atoms with Crippen LogP contribution in [0.1, 0.15) is 22.3 Å². The van der Waals surface area contributed by atoms with Crippen molar-refractivity contribution in [3.05, 3.63) is 211 Å². The Morgan fingerprint density at radius 3 is 1.76 bits per heavy atom. The van der Waals surface area contributed by atoms with Crippen LogP contribution in [0, 0.1) is 0 Å². The number of para-hydroxylation sites is 1. The lowest BCUT2D eigenvalue weighted by atomic mass is 9.70. The standard InChI is InChI=1S/C53H31N5/c1-2-13-32(14-3-1)49-36-17-4-6-19-38(36)50(39-20-7-5-18-37(39)49)33-24-25-40-45(27-33)53(44-22-12-26-55-51(40)44)43-21-10-8-15-34(43)41-28-42-35-16-9-11-23-47(35)58(48(42)29-46(41)53)52-56-30-54-31-57-52/h1-31H. The number of hydrogen-bond acceptors (Lipinski definition) is 4. The van der Waals surface area contributed by atoms with Crippen LogP contribution >= 0.6 is 0 Å². The molecule has 0 fully saturated rings. The monoisotopic (exact) mass is 737 g/mol. The first-order chi connectivity index (χ1) is 28.8. The van der Waals surface area contributed by atoms with E-state index in [4.69, 9.17) is 4.98 Å². The molecule has 1 atom stereocenters. The quantitative estimate of drug-likeness (QED) is 0.169. The molecule has 2 aliphatic rings. The highest BCUT2D eigenvalue weighted by Gasteiger charge is 2.52. The van der Waals surface area contributed by atoms with E-state index in [0.29, 0.717) is 5.95 Å². The van der Waals surface area contributed by atoms with Gasteiger partial charge in [-0.3, -0.25) is 9.55 Å². The fraction of sp³-hybridized carbons (Fsp3) is 0.0189. The van der Waals surface area contributed by atoms with Gasteiger partial charge in [0.1, 0.15) is 12.7 Å². The number of benzene rings is 8. The van der Waals surface area contributed by atoms with Crippen LogP contribution in [-0.2, 0) is 5.41 Å². The SMILES string of the molecule is c1ccc(-c2c3ccccc3c(-c3ccc4c(c3)C3(c5ccccc5-c5cc6c7ccccc7n(-c7ncncn7)c6cc53)c3cccnc3-4)c3ccccc23)cc1. The van der Waals surface area contributed by atoms with Gasteiger partial charge in [0.25, 0.3) is 0 Å². The van der Waals surface area contributed by atoms with Gasteiger partial charge in [-0.2, -0.15) is 0 Å². The Hall–Kier alpha value is -7.76. The van der Waals surface area contributed by atoms with Crippen LogP contribution in [-0.4, -0.2) is 24.5 Å². The molecule has 8 aromatic carbocycles. The third kappa shape index (κ3) is 3.99. The smallest absolute Gasteiger partial charge is 0.237 e. The van der Waals surface area contributed by atoms with E-state index in [1.165, 1.54) is 77.2 Å². The average Bonchev–Trinajstić information content (AvgIpc) is 3.89. The molecule has 268 valence electrons. The Morgan fingerprint density at radius 1 is 0.379 bits per heavy atom. The van der Waals surface area contributed by atoms with E-state index in [1.807, 2.05) is 6.20 Å². The maximum Gasteiger partial charge on any atom is 0.237 e. The molecule has 0 radical (unpaired) electrons. The van der Waals surface area contributed by atoms with Gasteiger partial charge in [-0.1, -0.05) is 140 Å². The molecular formula is C53H31N5. The average molecular weight is 738 g/mol. The highest BCUT2D eigenvalue weighted by atomic mass is 15.2. The third-order valence-corrected chi connectivity index (χ3v) is 12.7. The largest absolute Gasteiger partial charge is 0.278 e. The van der Waals surface area contributed by atoms with Crippen LogP contribution in [0.4, 0.5) is 0 Å². The second kappa shape index (κ2) is 11.6. The van der Waals surface area contributed by atoms with Crippen molar-refractivity contribution in [1.82, 2.24) is 24.5 Å². The number of pyridine rings is 1. The summed E-state index contributed by atoms with van der Waals surface area (Å²) in [4.78, 5) is 18.6. The zero-order valence-corrected chi connectivity index (χ0v) is 31.1. The lowest BCUT2D eigenvalue weighted by molar-refractivity contribution is 0.792. The maximum atomic E-state index is 5.14. The Bertz CT molecular complexity index is 3460. The molecule has 5 heteroatoms. The highest BCUT2D eigenvalue weighted by molar-refractivity contribution is 6.21. The molecule has 13 rings (SSSR count). The Morgan fingerprint density at radius 2 is 1.00 bits per heavy atom. The van der Waals surface area contributed by atoms with Gasteiger partial charge in [0.15, 0.2) is 0 Å². The van der Waals surface area contributed by atoms with Crippen molar-refractivity contribution in [2.45, 2.75) is 5.41 Å². The van der Waals surface area contributed by atoms with E-state index in [1.54, 1.807) is 12.7 Å². The number of aromatic nitrogens is 5. The van der Waals surface area contributed by atoms with Gasteiger partial charge in [-0.05, 0) is 108 Å². The van der Waals surface area contributed by atoms with E-state index < -0.39 is 5.41 Å². The van der Waals surface area contributed by atoms with E-state index >= 15 is 0 Å². The van der Waals surface area contributed by atoms with Crippen molar-refractivity contribution in [3.8, 4) is 50.6 Å². The van der Waals surface area contributed by atoms with Crippen molar-refractivity contribution < 1.29 is 0 Å². The van der Waals surface area contributed by atoms with Gasteiger partial charge in [-0.25, -0.2) is 15.0 Å². The first-order valence-corrected chi connectivity index (χ1v) is 19.7. The molecule has 1 spiro atoms. The summed E-state index contributed by atoms with van der Waals surface area (Å²) >= 11 is 0. The molecule has 58 heavy (non-hydrogen) atoms. The lowest BCUT2D eigenvalue weighted by Gasteiger charge is -2.30. The molecule has 0 N–H and O–H groups in total. The molecule has 0 saturated heterocycles. The van der Waals surface area contributed by atoms with Crippen LogP contribution in [0.25, 0.3) is 93.9 Å². The van der Waals surface area contributed by atoms with Gasteiger partial charge in [0.05, 0.1) is 22.1 Å². The van der Waals surface area contributed by atoms with Gasteiger partial charge in [0.2, 0.25) is 5.95 Å². The van der Waals surface area contributed by atoms with Crippen molar-refractivity contribution in [2.24, 2.45) is 0 Å². The van der Waals surface area contributed by atoms with Crippen molar-refractivity contribution in [3.63, 3.8) is 0 Å². The topological polar surface area (TPSA) is 56.5 Å². The molecule has 0 saturated carbocycles. The van der Waals surface area contributed by atoms with Crippen LogP contribution in [0.2, 0.25) is 0 Å². The summed E-state index contributed by atoms with van der Waals surface area (Å²) in [6, 6.07) is 62.5. The van der Waals surface area contributed by atoms with E-state index in [0.717, 1.165) is 33.1 Å². The van der Waals surface area contributed by atoms with Crippen LogP contribution < -0.4 is 0 Å². The Labute approximate surface area is 333 Å². The van der Waals surface area contributed by atoms with Crippen LogP contribution in [0.15, 0.2) is 189 Å². The molecule has 5 nitrogen and oxygen atoms in total. The van der Waals surface area contributed by atoms with Gasteiger partial charge >= 0.3 is 0 Å². The second-order valence-corrected chi connectivity index (χ2v) is 15.4. The lowest BCUT2D eigenvalue weighted by Crippen LogP contribution is -2.26. The van der Waals surface area contributed by atoms with E-state index in [-0.39, 0.29) is 0 Å². The van der Waals surface area contributed by atoms with Crippen molar-refractivity contribution in [2.75, 3.05) is 0 Å². The summed E-state index contributed by atoms with van der Waals surface area (Å²) in [5, 5.41) is 7.28. The molecule has 3 aromatic heterocycles. The molecule has 0 aliphatic heterocycles. The predicted molar refractivity (Wildman–Crippen MR) is 234 cm³/mol. The fourth-order valence-electron chi connectivity index (χ4n) is 10.5. The van der Waals surface area contributed by atoms with E-state index in [2.05, 4.69) is 189 Å². The minimum Gasteiger partial charge on any atom is -0.278 e.